The van der Waals surface area contributed by atoms with Crippen molar-refractivity contribution in [3.05, 3.63) is 52.6 Å². The van der Waals surface area contributed by atoms with Gasteiger partial charge in [0, 0.05) is 12.5 Å². The highest BCUT2D eigenvalue weighted by Crippen LogP contribution is 2.66. The van der Waals surface area contributed by atoms with E-state index < -0.39 is 53.4 Å². The summed E-state index contributed by atoms with van der Waals surface area (Å²) in [6.45, 7) is -1.09. The lowest BCUT2D eigenvalue weighted by atomic mass is 10.1. The largest absolute Gasteiger partial charge is 0.490 e. The molecule has 3 heterocycles. The predicted molar refractivity (Wildman–Crippen MR) is 130 cm³/mol. The second-order valence-electron chi connectivity index (χ2n) is 8.07. The molecule has 0 saturated carbocycles. The monoisotopic (exact) mass is 626 g/mol. The fourth-order valence-corrected chi connectivity index (χ4v) is 6.79. The second-order valence-corrected chi connectivity index (χ2v) is 12.5. The average Bonchev–Trinajstić information content (AvgIpc) is 3.44. The third-order valence-electron chi connectivity index (χ3n) is 5.34. The van der Waals surface area contributed by atoms with Crippen LogP contribution in [0.1, 0.15) is 18.2 Å². The molecule has 0 bridgehead atoms. The number of fused-ring (bicyclic) bond motifs is 1. The molecule has 1 aliphatic rings. The molecule has 1 saturated heterocycles. The van der Waals surface area contributed by atoms with Crippen LogP contribution in [0.2, 0.25) is 0 Å². The fourth-order valence-electron chi connectivity index (χ4n) is 3.76. The molecule has 3 aromatic rings. The number of nitrogens with zero attached hydrogens (tertiary/aromatic N) is 5. The van der Waals surface area contributed by atoms with E-state index in [1.807, 2.05) is 0 Å². The molecule has 4 rings (SSSR count). The summed E-state index contributed by atoms with van der Waals surface area (Å²) in [4.78, 5) is 59.4. The van der Waals surface area contributed by atoms with Gasteiger partial charge in [0.1, 0.15) is 24.2 Å². The molecule has 1 aromatic carbocycles. The highest BCUT2D eigenvalue weighted by atomic mass is 31.3. The van der Waals surface area contributed by atoms with Gasteiger partial charge in [-0.15, -0.1) is 0 Å². The average molecular weight is 626 g/mol. The summed E-state index contributed by atoms with van der Waals surface area (Å²) in [7, 11) is -16.8. The van der Waals surface area contributed by atoms with Crippen LogP contribution < -0.4 is 5.73 Å². The van der Waals surface area contributed by atoms with Crippen molar-refractivity contribution in [2.75, 3.05) is 12.3 Å². The molecule has 23 heteroatoms. The third-order valence-corrected chi connectivity index (χ3v) is 9.14. The first-order chi connectivity index (χ1) is 18.6. The van der Waals surface area contributed by atoms with Gasteiger partial charge in [0.25, 0.3) is 5.69 Å². The molecule has 0 amide bonds. The van der Waals surface area contributed by atoms with Crippen LogP contribution in [-0.4, -0.2) is 62.8 Å². The summed E-state index contributed by atoms with van der Waals surface area (Å²) in [5, 5.41) is 11.4. The van der Waals surface area contributed by atoms with Crippen molar-refractivity contribution in [3.63, 3.8) is 0 Å². The van der Waals surface area contributed by atoms with Crippen molar-refractivity contribution in [2.24, 2.45) is 0 Å². The number of nitro groups is 1. The van der Waals surface area contributed by atoms with Crippen LogP contribution in [0.4, 0.5) is 11.5 Å². The summed E-state index contributed by atoms with van der Waals surface area (Å²) >= 11 is 0. The van der Waals surface area contributed by atoms with E-state index in [9.17, 15) is 33.6 Å². The number of hydrogen-bond donors (Lipinski definition) is 5. The molecule has 218 valence electrons. The summed E-state index contributed by atoms with van der Waals surface area (Å²) in [5.41, 5.74) is 6.37. The summed E-state index contributed by atoms with van der Waals surface area (Å²) in [5.74, 6) is 0.0927. The zero-order valence-electron chi connectivity index (χ0n) is 19.8. The molecule has 1 aliphatic heterocycles. The van der Waals surface area contributed by atoms with E-state index in [0.29, 0.717) is 0 Å². The van der Waals surface area contributed by atoms with Gasteiger partial charge in [-0.1, -0.05) is 12.1 Å². The van der Waals surface area contributed by atoms with Crippen molar-refractivity contribution in [1.29, 1.82) is 0 Å². The maximum atomic E-state index is 12.2. The minimum Gasteiger partial charge on any atom is -0.382 e. The number of nitrogen functional groups attached to an aromatic ring is 1. The van der Waals surface area contributed by atoms with Gasteiger partial charge < -0.3 is 34.8 Å². The van der Waals surface area contributed by atoms with E-state index in [-0.39, 0.29) is 41.3 Å². The first-order valence-electron chi connectivity index (χ1n) is 10.8. The first-order valence-corrected chi connectivity index (χ1v) is 15.4. The number of imidazole rings is 1. The Morgan fingerprint density at radius 3 is 2.52 bits per heavy atom. The van der Waals surface area contributed by atoms with Crippen LogP contribution in [-0.2, 0) is 42.9 Å². The minimum atomic E-state index is -5.74. The zero-order valence-corrected chi connectivity index (χ0v) is 22.5. The van der Waals surface area contributed by atoms with Gasteiger partial charge in [-0.25, -0.2) is 28.6 Å². The quantitative estimate of drug-likeness (QED) is 0.108. The van der Waals surface area contributed by atoms with E-state index in [0.717, 1.165) is 0 Å². The molecule has 2 aromatic heterocycles. The highest BCUT2D eigenvalue weighted by molar-refractivity contribution is 7.66. The number of benzene rings is 1. The lowest BCUT2D eigenvalue weighted by Crippen LogP contribution is -2.29. The molecule has 5 atom stereocenters. The van der Waals surface area contributed by atoms with E-state index >= 15 is 0 Å². The van der Waals surface area contributed by atoms with Crippen molar-refractivity contribution < 1.29 is 60.8 Å². The summed E-state index contributed by atoms with van der Waals surface area (Å²) in [6.07, 6.45) is -0.419. The molecule has 1 fully saturated rings. The number of ether oxygens (including phenoxy) is 2. The van der Waals surface area contributed by atoms with E-state index in [4.69, 9.17) is 29.5 Å². The molecule has 2 unspecified atom stereocenters. The highest BCUT2D eigenvalue weighted by Gasteiger charge is 2.43. The van der Waals surface area contributed by atoms with E-state index in [1.165, 1.54) is 35.4 Å². The summed E-state index contributed by atoms with van der Waals surface area (Å²) < 4.78 is 60.0. The van der Waals surface area contributed by atoms with Crippen LogP contribution in [0.25, 0.3) is 11.2 Å². The van der Waals surface area contributed by atoms with Crippen LogP contribution in [0.3, 0.4) is 0 Å². The Hall–Kier alpha value is -2.70. The number of phosphoric acid groups is 3. The molecule has 20 nitrogen and oxygen atoms in total. The molecular weight excluding hydrogens is 605 g/mol. The normalized spacial score (nSPS) is 22.6. The minimum absolute atomic E-state index is 0.0421. The Labute approximate surface area is 223 Å². The van der Waals surface area contributed by atoms with Crippen LogP contribution in [0, 0.1) is 10.1 Å². The maximum Gasteiger partial charge on any atom is 0.490 e. The molecule has 6 N–H and O–H groups in total. The lowest BCUT2D eigenvalue weighted by Gasteiger charge is -2.21. The van der Waals surface area contributed by atoms with E-state index in [2.05, 4.69) is 23.6 Å². The Kier molecular flexibility index (Phi) is 8.82. The first kappa shape index (κ1) is 30.3. The number of phosphoric ester groups is 1. The van der Waals surface area contributed by atoms with Crippen molar-refractivity contribution in [2.45, 2.75) is 31.5 Å². The lowest BCUT2D eigenvalue weighted by molar-refractivity contribution is -0.386. The second kappa shape index (κ2) is 11.7. The smallest absolute Gasteiger partial charge is 0.382 e. The van der Waals surface area contributed by atoms with E-state index in [1.54, 1.807) is 6.07 Å². The van der Waals surface area contributed by atoms with Gasteiger partial charge in [0.2, 0.25) is 0 Å². The zero-order chi connectivity index (χ0) is 29.3. The third kappa shape index (κ3) is 7.52. The topological polar surface area (TPSA) is 291 Å². The van der Waals surface area contributed by atoms with Gasteiger partial charge in [-0.3, -0.25) is 19.2 Å². The molecule has 0 aliphatic carbocycles. The molecule has 40 heavy (non-hydrogen) atoms. The van der Waals surface area contributed by atoms with Gasteiger partial charge in [0.15, 0.2) is 11.5 Å². The predicted octanol–water partition coefficient (Wildman–Crippen LogP) is 1.53. The van der Waals surface area contributed by atoms with Gasteiger partial charge >= 0.3 is 23.5 Å². The Morgan fingerprint density at radius 1 is 1.10 bits per heavy atom. The number of aromatic nitrogens is 4. The number of nitro benzene ring substituents is 1. The Morgan fingerprint density at radius 2 is 1.82 bits per heavy atom. The Bertz CT molecular complexity index is 1550. The number of para-hydroxylation sites is 1. The number of hydrogen-bond acceptors (Lipinski definition) is 14. The van der Waals surface area contributed by atoms with Gasteiger partial charge in [-0.2, -0.15) is 8.62 Å². The van der Waals surface area contributed by atoms with Crippen molar-refractivity contribution in [3.8, 4) is 0 Å². The molecule has 0 spiro atoms. The number of nitrogens with two attached hydrogens (primary N) is 1. The maximum absolute atomic E-state index is 12.2. The van der Waals surface area contributed by atoms with Crippen LogP contribution >= 0.6 is 23.5 Å². The standard InChI is InChI=1S/C17H21N6O14P3/c18-16-15-17(20-8-19-16)22(9-21-15)14-5-12(33-6-10-3-1-2-4-11(10)23(24)25)13(35-14)7-34-39(29,30)37-40(31,32)36-38(26,27)28/h1-4,8-9,12-14H,5-7H2,(H,29,30)(H,31,32)(H2,18,19,20)(H2,26,27,28)/t12-,13+,14+/m0/s1. The van der Waals surface area contributed by atoms with Crippen molar-refractivity contribution >= 4 is 46.1 Å². The molecular formula is C17H21N6O14P3. The van der Waals surface area contributed by atoms with Crippen LogP contribution in [0.5, 0.6) is 0 Å². The fraction of sp³-hybridized carbons (Fsp3) is 0.353. The SMILES string of the molecule is Nc1ncnc2c1ncn2[C@H]1C[C@H](OCc2ccccc2[N+](=O)[O-])[C@@H](COP(=O)(O)OP(=O)(O)OP(=O)(O)O)O1. The number of rotatable bonds is 12. The molecule has 0 radical (unpaired) electrons. The number of anilines is 1. The van der Waals surface area contributed by atoms with Gasteiger partial charge in [0.05, 0.1) is 36.1 Å². The van der Waals surface area contributed by atoms with Gasteiger partial charge in [-0.05, 0) is 6.07 Å². The Balaban J connectivity index is 1.53. The van der Waals surface area contributed by atoms with Crippen molar-refractivity contribution in [1.82, 2.24) is 19.5 Å². The summed E-state index contributed by atoms with van der Waals surface area (Å²) in [6, 6.07) is 5.78. The van der Waals surface area contributed by atoms with Crippen LogP contribution in [0.15, 0.2) is 36.9 Å².